The highest BCUT2D eigenvalue weighted by molar-refractivity contribution is 5.42. The molecule has 0 amide bonds. The molecule has 0 spiro atoms. The van der Waals surface area contributed by atoms with Crippen molar-refractivity contribution in [2.45, 2.75) is 19.0 Å². The predicted molar refractivity (Wildman–Crippen MR) is 55.0 cm³/mol. The Hall–Kier alpha value is -1.26. The lowest BCUT2D eigenvalue weighted by atomic mass is 10.1. The van der Waals surface area contributed by atoms with Gasteiger partial charge in [0, 0.05) is 19.3 Å². The van der Waals surface area contributed by atoms with Gasteiger partial charge in [-0.25, -0.2) is 4.98 Å². The van der Waals surface area contributed by atoms with E-state index in [-0.39, 0.29) is 0 Å². The molecule has 1 fully saturated rings. The van der Waals surface area contributed by atoms with Crippen molar-refractivity contribution in [3.05, 3.63) is 30.3 Å². The van der Waals surface area contributed by atoms with Crippen LogP contribution in [-0.2, 0) is 6.18 Å². The van der Waals surface area contributed by atoms with Gasteiger partial charge in [-0.05, 0) is 31.4 Å². The van der Waals surface area contributed by atoms with Crippen molar-refractivity contribution in [3.8, 4) is 0 Å². The lowest BCUT2D eigenvalue weighted by Gasteiger charge is -2.27. The van der Waals surface area contributed by atoms with E-state index in [4.69, 9.17) is 0 Å². The second-order valence-electron chi connectivity index (χ2n) is 3.75. The SMILES string of the molecule is FC(F)(F)c1ccnc(N2CC[CH]CC2)c1. The summed E-state index contributed by atoms with van der Waals surface area (Å²) in [5.41, 5.74) is -0.632. The first kappa shape index (κ1) is 11.2. The van der Waals surface area contributed by atoms with Gasteiger partial charge in [0.2, 0.25) is 0 Å². The van der Waals surface area contributed by atoms with Crippen molar-refractivity contribution in [1.29, 1.82) is 0 Å². The molecule has 0 saturated carbocycles. The molecule has 2 heterocycles. The average Bonchev–Trinajstić information content (AvgIpc) is 2.29. The van der Waals surface area contributed by atoms with Crippen LogP contribution < -0.4 is 4.90 Å². The van der Waals surface area contributed by atoms with Gasteiger partial charge in [0.25, 0.3) is 0 Å². The van der Waals surface area contributed by atoms with Gasteiger partial charge in [-0.2, -0.15) is 13.2 Å². The number of anilines is 1. The number of aromatic nitrogens is 1. The standard InChI is InChI=1S/C11H12F3N2/c12-11(13,14)9-4-5-15-10(8-9)16-6-2-1-3-7-16/h1,4-5,8H,2-3,6-7H2. The molecule has 2 nitrogen and oxygen atoms in total. The van der Waals surface area contributed by atoms with E-state index in [0.717, 1.165) is 38.1 Å². The minimum Gasteiger partial charge on any atom is -0.357 e. The maximum Gasteiger partial charge on any atom is 0.416 e. The summed E-state index contributed by atoms with van der Waals surface area (Å²) in [7, 11) is 0. The van der Waals surface area contributed by atoms with E-state index in [2.05, 4.69) is 11.4 Å². The molecular weight excluding hydrogens is 217 g/mol. The molecule has 1 saturated heterocycles. The monoisotopic (exact) mass is 229 g/mol. The van der Waals surface area contributed by atoms with Crippen molar-refractivity contribution >= 4 is 5.82 Å². The van der Waals surface area contributed by atoms with Crippen molar-refractivity contribution < 1.29 is 13.2 Å². The van der Waals surface area contributed by atoms with E-state index in [0.29, 0.717) is 5.82 Å². The van der Waals surface area contributed by atoms with Crippen LogP contribution in [0.4, 0.5) is 19.0 Å². The Bertz CT molecular complexity index is 356. The van der Waals surface area contributed by atoms with Gasteiger partial charge in [0.15, 0.2) is 0 Å². The first-order valence-corrected chi connectivity index (χ1v) is 5.17. The number of alkyl halides is 3. The van der Waals surface area contributed by atoms with Crippen molar-refractivity contribution in [3.63, 3.8) is 0 Å². The van der Waals surface area contributed by atoms with E-state index < -0.39 is 11.7 Å². The number of rotatable bonds is 1. The molecule has 1 aliphatic rings. The van der Waals surface area contributed by atoms with Crippen LogP contribution in [0, 0.1) is 6.42 Å². The Labute approximate surface area is 92.1 Å². The van der Waals surface area contributed by atoms with Gasteiger partial charge in [-0.3, -0.25) is 0 Å². The summed E-state index contributed by atoms with van der Waals surface area (Å²) < 4.78 is 37.4. The molecule has 5 heteroatoms. The first-order chi connectivity index (χ1) is 7.57. The normalized spacial score (nSPS) is 17.6. The van der Waals surface area contributed by atoms with Crippen LogP contribution in [0.1, 0.15) is 18.4 Å². The topological polar surface area (TPSA) is 16.1 Å². The van der Waals surface area contributed by atoms with Gasteiger partial charge < -0.3 is 4.90 Å². The summed E-state index contributed by atoms with van der Waals surface area (Å²) in [6.07, 6.45) is 0.871. The fourth-order valence-electron chi connectivity index (χ4n) is 1.75. The van der Waals surface area contributed by atoms with Crippen LogP contribution in [-0.4, -0.2) is 18.1 Å². The largest absolute Gasteiger partial charge is 0.416 e. The summed E-state index contributed by atoms with van der Waals surface area (Å²) in [6, 6.07) is 2.12. The quantitative estimate of drug-likeness (QED) is 0.736. The fraction of sp³-hybridized carbons (Fsp3) is 0.455. The highest BCUT2D eigenvalue weighted by Gasteiger charge is 2.31. The minimum atomic E-state index is -4.29. The van der Waals surface area contributed by atoms with Crippen molar-refractivity contribution in [2.75, 3.05) is 18.0 Å². The maximum absolute atomic E-state index is 12.5. The molecule has 0 unspecified atom stereocenters. The number of halogens is 3. The van der Waals surface area contributed by atoms with Crippen LogP contribution in [0.5, 0.6) is 0 Å². The molecule has 16 heavy (non-hydrogen) atoms. The Kier molecular flexibility index (Phi) is 3.03. The Morgan fingerprint density at radius 2 is 1.88 bits per heavy atom. The predicted octanol–water partition coefficient (Wildman–Crippen LogP) is 2.90. The van der Waals surface area contributed by atoms with Gasteiger partial charge in [0.05, 0.1) is 5.56 Å². The van der Waals surface area contributed by atoms with Gasteiger partial charge >= 0.3 is 6.18 Å². The third-order valence-corrected chi connectivity index (χ3v) is 2.60. The summed E-state index contributed by atoms with van der Waals surface area (Å²) >= 11 is 0. The van der Waals surface area contributed by atoms with Gasteiger partial charge in [-0.1, -0.05) is 0 Å². The summed E-state index contributed by atoms with van der Waals surface area (Å²) in [4.78, 5) is 5.87. The van der Waals surface area contributed by atoms with E-state index in [1.54, 1.807) is 0 Å². The van der Waals surface area contributed by atoms with Crippen LogP contribution in [0.25, 0.3) is 0 Å². The van der Waals surface area contributed by atoms with Crippen LogP contribution in [0.2, 0.25) is 0 Å². The zero-order valence-corrected chi connectivity index (χ0v) is 8.67. The Balaban J connectivity index is 2.21. The highest BCUT2D eigenvalue weighted by Crippen LogP contribution is 2.31. The van der Waals surface area contributed by atoms with Crippen LogP contribution in [0.15, 0.2) is 18.3 Å². The van der Waals surface area contributed by atoms with Crippen LogP contribution in [0.3, 0.4) is 0 Å². The molecular formula is C11H12F3N2. The molecule has 0 N–H and O–H groups in total. The van der Waals surface area contributed by atoms with E-state index >= 15 is 0 Å². The highest BCUT2D eigenvalue weighted by atomic mass is 19.4. The number of pyridine rings is 1. The second kappa shape index (κ2) is 4.31. The lowest BCUT2D eigenvalue weighted by Crippen LogP contribution is -2.30. The zero-order valence-electron chi connectivity index (χ0n) is 8.67. The molecule has 0 bridgehead atoms. The Morgan fingerprint density at radius 1 is 1.19 bits per heavy atom. The molecule has 1 radical (unpaired) electrons. The van der Waals surface area contributed by atoms with Crippen LogP contribution >= 0.6 is 0 Å². The number of hydrogen-bond donors (Lipinski definition) is 0. The summed E-state index contributed by atoms with van der Waals surface area (Å²) in [6.45, 7) is 1.49. The molecule has 1 aromatic heterocycles. The van der Waals surface area contributed by atoms with E-state index in [1.807, 2.05) is 4.90 Å². The third-order valence-electron chi connectivity index (χ3n) is 2.60. The number of nitrogens with zero attached hydrogens (tertiary/aromatic N) is 2. The Morgan fingerprint density at radius 3 is 2.50 bits per heavy atom. The first-order valence-electron chi connectivity index (χ1n) is 5.17. The molecule has 0 atom stereocenters. The smallest absolute Gasteiger partial charge is 0.357 e. The molecule has 1 aromatic rings. The molecule has 0 aliphatic carbocycles. The molecule has 87 valence electrons. The van der Waals surface area contributed by atoms with Crippen molar-refractivity contribution in [2.24, 2.45) is 0 Å². The summed E-state index contributed by atoms with van der Waals surface area (Å²) in [5, 5.41) is 0. The fourth-order valence-corrected chi connectivity index (χ4v) is 1.75. The van der Waals surface area contributed by atoms with E-state index in [1.165, 1.54) is 6.20 Å². The molecule has 1 aliphatic heterocycles. The zero-order chi connectivity index (χ0) is 11.6. The molecule has 0 aromatic carbocycles. The van der Waals surface area contributed by atoms with Gasteiger partial charge in [0.1, 0.15) is 5.82 Å². The number of piperidine rings is 1. The summed E-state index contributed by atoms with van der Waals surface area (Å²) in [5.74, 6) is 0.419. The maximum atomic E-state index is 12.5. The van der Waals surface area contributed by atoms with E-state index in [9.17, 15) is 13.2 Å². The minimum absolute atomic E-state index is 0.419. The molecule has 2 rings (SSSR count). The average molecular weight is 229 g/mol. The van der Waals surface area contributed by atoms with Gasteiger partial charge in [-0.15, -0.1) is 0 Å². The van der Waals surface area contributed by atoms with Crippen molar-refractivity contribution in [1.82, 2.24) is 4.98 Å². The number of hydrogen-bond acceptors (Lipinski definition) is 2. The third kappa shape index (κ3) is 2.46. The second-order valence-corrected chi connectivity index (χ2v) is 3.75. The lowest BCUT2D eigenvalue weighted by molar-refractivity contribution is -0.137.